The summed E-state index contributed by atoms with van der Waals surface area (Å²) < 4.78 is 14.1. The van der Waals surface area contributed by atoms with E-state index >= 15 is 0 Å². The predicted octanol–water partition coefficient (Wildman–Crippen LogP) is 10.4. The van der Waals surface area contributed by atoms with Crippen molar-refractivity contribution >= 4 is 22.9 Å². The lowest BCUT2D eigenvalue weighted by molar-refractivity contribution is -0.109. The van der Waals surface area contributed by atoms with Gasteiger partial charge in [-0.3, -0.25) is 0 Å². The highest BCUT2D eigenvalue weighted by atomic mass is 28.4. The summed E-state index contributed by atoms with van der Waals surface area (Å²) in [5, 5.41) is 0.303. The molecule has 40 heavy (non-hydrogen) atoms. The van der Waals surface area contributed by atoms with Crippen LogP contribution in [0.2, 0.25) is 36.3 Å². The van der Waals surface area contributed by atoms with Crippen molar-refractivity contribution in [3.63, 3.8) is 0 Å². The van der Waals surface area contributed by atoms with Crippen molar-refractivity contribution in [1.82, 2.24) is 0 Å². The maximum atomic E-state index is 11.3. The van der Waals surface area contributed by atoms with Crippen LogP contribution in [0.4, 0.5) is 0 Å². The number of hydrogen-bond donors (Lipinski definition) is 0. The molecule has 228 valence electrons. The number of aldehydes is 1. The van der Waals surface area contributed by atoms with E-state index in [1.54, 1.807) is 5.57 Å². The minimum atomic E-state index is -1.97. The van der Waals surface area contributed by atoms with Crippen LogP contribution in [-0.2, 0) is 13.6 Å². The number of hydrogen-bond acceptors (Lipinski definition) is 3. The fraction of sp³-hybridized carbons (Fsp3) is 0.800. The molecule has 0 aromatic carbocycles. The topological polar surface area (TPSA) is 35.5 Å². The second-order valence-electron chi connectivity index (χ2n) is 16.8. The molecule has 2 unspecified atom stereocenters. The molecule has 0 spiro atoms. The van der Waals surface area contributed by atoms with E-state index in [0.717, 1.165) is 24.7 Å². The molecular weight excluding hydrogens is 525 g/mol. The van der Waals surface area contributed by atoms with Crippen molar-refractivity contribution < 1.29 is 13.6 Å². The van der Waals surface area contributed by atoms with E-state index in [9.17, 15) is 4.79 Å². The standard InChI is InChI=1S/C35H62O3Si2/c1-25(20-22-36)29-18-19-30-28(15-14-21-35(29,30)9)17-16-27-23-31(37-39(10,11)33(3,4)5)26(2)32(24-27)38-40(12,13)34(6,7)8/h16-17,22,25,29-32H,2,14-15,18-21,23-24H2,1,3-13H3/b28-17+/t25-,29?,30?,31-,32-,35-/m1/s1. The second kappa shape index (κ2) is 12.1. The molecular formula is C35H62O3Si2. The van der Waals surface area contributed by atoms with E-state index in [-0.39, 0.29) is 22.3 Å². The van der Waals surface area contributed by atoms with Gasteiger partial charge in [0, 0.05) is 6.42 Å². The largest absolute Gasteiger partial charge is 0.410 e. The third-order valence-corrected chi connectivity index (χ3v) is 20.9. The smallest absolute Gasteiger partial charge is 0.192 e. The molecule has 3 saturated carbocycles. The van der Waals surface area contributed by atoms with Gasteiger partial charge in [-0.25, -0.2) is 0 Å². The number of carbonyl (C=O) groups excluding carboxylic acids is 1. The Balaban J connectivity index is 1.91. The van der Waals surface area contributed by atoms with Gasteiger partial charge in [0.1, 0.15) is 6.29 Å². The van der Waals surface area contributed by atoms with Crippen molar-refractivity contribution in [2.24, 2.45) is 23.2 Å². The first-order valence-corrected chi connectivity index (χ1v) is 21.9. The van der Waals surface area contributed by atoms with Crippen LogP contribution < -0.4 is 0 Å². The summed E-state index contributed by atoms with van der Waals surface area (Å²) in [5.41, 5.74) is 4.56. The van der Waals surface area contributed by atoms with Crippen LogP contribution in [0, 0.1) is 23.2 Å². The van der Waals surface area contributed by atoms with Gasteiger partial charge in [-0.15, -0.1) is 0 Å². The van der Waals surface area contributed by atoms with Gasteiger partial charge in [-0.2, -0.15) is 0 Å². The summed E-state index contributed by atoms with van der Waals surface area (Å²) in [5.74, 6) is 1.78. The van der Waals surface area contributed by atoms with E-state index in [0.29, 0.717) is 29.6 Å². The molecule has 3 aliphatic rings. The van der Waals surface area contributed by atoms with E-state index in [1.165, 1.54) is 37.7 Å². The fourth-order valence-corrected chi connectivity index (χ4v) is 9.82. The SMILES string of the molecule is C=C1[C@H](O[Si](C)(C)C(C)(C)C)CC(=C/C=C2\CCC[C@@]3(C)C2CCC3[C@H](C)CC=O)C[C@H]1O[Si](C)(C)C(C)(C)C. The molecule has 0 radical (unpaired) electrons. The molecule has 0 aliphatic heterocycles. The summed E-state index contributed by atoms with van der Waals surface area (Å²) in [4.78, 5) is 11.3. The molecule has 3 aliphatic carbocycles. The first-order chi connectivity index (χ1) is 18.2. The minimum absolute atomic E-state index is 0.0192. The minimum Gasteiger partial charge on any atom is -0.410 e. The Kier molecular flexibility index (Phi) is 10.2. The summed E-state index contributed by atoms with van der Waals surface area (Å²) in [6.07, 6.45) is 14.9. The molecule has 0 aromatic heterocycles. The van der Waals surface area contributed by atoms with Crippen molar-refractivity contribution in [2.75, 3.05) is 0 Å². The van der Waals surface area contributed by atoms with Gasteiger partial charge in [-0.1, -0.05) is 85.3 Å². The first-order valence-electron chi connectivity index (χ1n) is 16.1. The van der Waals surface area contributed by atoms with Crippen LogP contribution in [0.25, 0.3) is 0 Å². The lowest BCUT2D eigenvalue weighted by Gasteiger charge is -2.46. The molecule has 5 heteroatoms. The number of carbonyl (C=O) groups is 1. The van der Waals surface area contributed by atoms with Crippen LogP contribution in [-0.4, -0.2) is 35.1 Å². The van der Waals surface area contributed by atoms with Crippen LogP contribution in [0.3, 0.4) is 0 Å². The zero-order valence-electron chi connectivity index (χ0n) is 28.2. The Morgan fingerprint density at radius 3 is 1.95 bits per heavy atom. The average Bonchev–Trinajstić information content (AvgIpc) is 3.16. The first kappa shape index (κ1) is 33.7. The summed E-state index contributed by atoms with van der Waals surface area (Å²) >= 11 is 0. The van der Waals surface area contributed by atoms with Crippen molar-refractivity contribution in [3.05, 3.63) is 35.5 Å². The van der Waals surface area contributed by atoms with Gasteiger partial charge in [0.25, 0.3) is 0 Å². The Bertz CT molecular complexity index is 951. The van der Waals surface area contributed by atoms with Crippen molar-refractivity contribution in [3.8, 4) is 0 Å². The van der Waals surface area contributed by atoms with E-state index in [2.05, 4.69) is 100 Å². The Labute approximate surface area is 249 Å². The third kappa shape index (κ3) is 7.06. The summed E-state index contributed by atoms with van der Waals surface area (Å²) in [6.45, 7) is 32.8. The molecule has 3 rings (SSSR count). The van der Waals surface area contributed by atoms with E-state index in [4.69, 9.17) is 8.85 Å². The van der Waals surface area contributed by atoms with Gasteiger partial charge >= 0.3 is 0 Å². The highest BCUT2D eigenvalue weighted by molar-refractivity contribution is 6.74. The number of fused-ring (bicyclic) bond motifs is 1. The maximum absolute atomic E-state index is 11.3. The molecule has 0 saturated heterocycles. The van der Waals surface area contributed by atoms with Crippen molar-refractivity contribution in [1.29, 1.82) is 0 Å². The van der Waals surface area contributed by atoms with Gasteiger partial charge in [-0.05, 0) is 110 Å². The third-order valence-electron chi connectivity index (χ3n) is 11.9. The van der Waals surface area contributed by atoms with Gasteiger partial charge in [0.15, 0.2) is 16.6 Å². The van der Waals surface area contributed by atoms with E-state index in [1.807, 2.05) is 0 Å². The zero-order chi connectivity index (χ0) is 30.3. The van der Waals surface area contributed by atoms with E-state index < -0.39 is 16.6 Å². The summed E-state index contributed by atoms with van der Waals surface area (Å²) in [6, 6.07) is 0. The predicted molar refractivity (Wildman–Crippen MR) is 177 cm³/mol. The Morgan fingerprint density at radius 1 is 0.950 bits per heavy atom. The molecule has 0 N–H and O–H groups in total. The van der Waals surface area contributed by atoms with Gasteiger partial charge < -0.3 is 13.6 Å². The molecule has 0 aromatic rings. The molecule has 3 fully saturated rings. The van der Waals surface area contributed by atoms with Gasteiger partial charge in [0.2, 0.25) is 0 Å². The lowest BCUT2D eigenvalue weighted by atomic mass is 9.61. The quantitative estimate of drug-likeness (QED) is 0.161. The van der Waals surface area contributed by atoms with Crippen LogP contribution in [0.15, 0.2) is 35.5 Å². The Hall–Kier alpha value is -0.756. The number of allylic oxidation sites excluding steroid dienone is 3. The van der Waals surface area contributed by atoms with Crippen LogP contribution in [0.5, 0.6) is 0 Å². The maximum Gasteiger partial charge on any atom is 0.192 e. The highest BCUT2D eigenvalue weighted by Gasteiger charge is 2.50. The fourth-order valence-electron chi connectivity index (χ4n) is 7.22. The molecule has 0 amide bonds. The second-order valence-corrected chi connectivity index (χ2v) is 26.3. The molecule has 0 heterocycles. The van der Waals surface area contributed by atoms with Crippen molar-refractivity contribution in [2.45, 2.75) is 155 Å². The summed E-state index contributed by atoms with van der Waals surface area (Å²) in [7, 11) is -3.94. The normalized spacial score (nSPS) is 32.2. The monoisotopic (exact) mass is 586 g/mol. The van der Waals surface area contributed by atoms with Crippen LogP contribution >= 0.6 is 0 Å². The molecule has 3 nitrogen and oxygen atoms in total. The highest BCUT2D eigenvalue weighted by Crippen LogP contribution is 2.59. The number of rotatable bonds is 8. The molecule has 6 atom stereocenters. The van der Waals surface area contributed by atoms with Crippen LogP contribution in [0.1, 0.15) is 107 Å². The average molecular weight is 587 g/mol. The molecule has 0 bridgehead atoms. The lowest BCUT2D eigenvalue weighted by Crippen LogP contribution is -2.49. The zero-order valence-corrected chi connectivity index (χ0v) is 30.2. The van der Waals surface area contributed by atoms with Gasteiger partial charge in [0.05, 0.1) is 12.2 Å². The Morgan fingerprint density at radius 2 is 1.48 bits per heavy atom.